The molecule has 3 N–H and O–H groups in total. The van der Waals surface area contributed by atoms with Gasteiger partial charge in [-0.1, -0.05) is 26.0 Å². The van der Waals surface area contributed by atoms with E-state index in [1.807, 2.05) is 0 Å². The molecule has 0 aromatic heterocycles. The Kier molecular flexibility index (Phi) is 4.97. The lowest BCUT2D eigenvalue weighted by Gasteiger charge is -2.12. The summed E-state index contributed by atoms with van der Waals surface area (Å²) in [6.07, 6.45) is 0.827. The zero-order chi connectivity index (χ0) is 12.8. The van der Waals surface area contributed by atoms with Gasteiger partial charge in [0.1, 0.15) is 11.8 Å². The number of phenolic OH excluding ortho intramolecular Hbond substituents is 1. The highest BCUT2D eigenvalue weighted by atomic mass is 16.5. The van der Waals surface area contributed by atoms with E-state index < -0.39 is 12.0 Å². The second kappa shape index (κ2) is 6.25. The molecular formula is C13H19NO3. The molecule has 4 nitrogen and oxygen atoms in total. The van der Waals surface area contributed by atoms with E-state index in [4.69, 9.17) is 15.6 Å². The fourth-order valence-electron chi connectivity index (χ4n) is 1.30. The summed E-state index contributed by atoms with van der Waals surface area (Å²) in [5.41, 5.74) is 6.39. The first kappa shape index (κ1) is 13.5. The minimum Gasteiger partial charge on any atom is -0.508 e. The average Bonchev–Trinajstić information content (AvgIpc) is 2.28. The predicted molar refractivity (Wildman–Crippen MR) is 65.4 cm³/mol. The van der Waals surface area contributed by atoms with Gasteiger partial charge in [-0.05, 0) is 30.0 Å². The zero-order valence-corrected chi connectivity index (χ0v) is 10.2. The number of esters is 1. The van der Waals surface area contributed by atoms with Crippen LogP contribution in [0.15, 0.2) is 24.3 Å². The molecule has 1 aromatic rings. The number of rotatable bonds is 5. The van der Waals surface area contributed by atoms with Crippen LogP contribution in [-0.2, 0) is 9.53 Å². The maximum absolute atomic E-state index is 11.6. The fourth-order valence-corrected chi connectivity index (χ4v) is 1.30. The van der Waals surface area contributed by atoms with Crippen LogP contribution in [0.25, 0.3) is 0 Å². The van der Waals surface area contributed by atoms with Crippen LogP contribution in [0.1, 0.15) is 31.9 Å². The monoisotopic (exact) mass is 237 g/mol. The van der Waals surface area contributed by atoms with E-state index in [0.717, 1.165) is 6.42 Å². The predicted octanol–water partition coefficient (Wildman–Crippen LogP) is 1.98. The second-order valence-corrected chi connectivity index (χ2v) is 4.42. The number of carbonyl (C=O) groups excluding carboxylic acids is 1. The third-order valence-electron chi connectivity index (χ3n) is 2.45. The summed E-state index contributed by atoms with van der Waals surface area (Å²) < 4.78 is 5.07. The average molecular weight is 237 g/mol. The van der Waals surface area contributed by atoms with E-state index in [-0.39, 0.29) is 5.75 Å². The summed E-state index contributed by atoms with van der Waals surface area (Å²) in [7, 11) is 0. The summed E-state index contributed by atoms with van der Waals surface area (Å²) in [5.74, 6) is 0.207. The normalized spacial score (nSPS) is 12.5. The Balaban J connectivity index is 2.49. The van der Waals surface area contributed by atoms with Gasteiger partial charge in [0, 0.05) is 0 Å². The highest BCUT2D eigenvalue weighted by molar-refractivity contribution is 5.77. The van der Waals surface area contributed by atoms with Crippen molar-refractivity contribution in [1.29, 1.82) is 0 Å². The van der Waals surface area contributed by atoms with Crippen LogP contribution in [0.3, 0.4) is 0 Å². The molecule has 94 valence electrons. The summed E-state index contributed by atoms with van der Waals surface area (Å²) in [4.78, 5) is 11.6. The number of hydrogen-bond donors (Lipinski definition) is 2. The minimum atomic E-state index is -0.789. The second-order valence-electron chi connectivity index (χ2n) is 4.42. The number of ether oxygens (including phenoxy) is 1. The van der Waals surface area contributed by atoms with Gasteiger partial charge < -0.3 is 15.6 Å². The van der Waals surface area contributed by atoms with Crippen molar-refractivity contribution < 1.29 is 14.6 Å². The molecule has 0 bridgehead atoms. The van der Waals surface area contributed by atoms with Crippen molar-refractivity contribution in [3.8, 4) is 5.75 Å². The lowest BCUT2D eigenvalue weighted by Crippen LogP contribution is -2.24. The van der Waals surface area contributed by atoms with Gasteiger partial charge in [-0.15, -0.1) is 0 Å². The van der Waals surface area contributed by atoms with E-state index >= 15 is 0 Å². The molecule has 1 rings (SSSR count). The maximum atomic E-state index is 11.6. The molecule has 17 heavy (non-hydrogen) atoms. The van der Waals surface area contributed by atoms with Crippen molar-refractivity contribution in [3.63, 3.8) is 0 Å². The molecule has 1 aromatic carbocycles. The van der Waals surface area contributed by atoms with Gasteiger partial charge in [0.15, 0.2) is 0 Å². The van der Waals surface area contributed by atoms with Crippen molar-refractivity contribution >= 4 is 5.97 Å². The van der Waals surface area contributed by atoms with Crippen LogP contribution in [0, 0.1) is 5.92 Å². The Hall–Kier alpha value is -1.55. The van der Waals surface area contributed by atoms with Crippen molar-refractivity contribution in [2.45, 2.75) is 26.3 Å². The third kappa shape index (κ3) is 4.44. The molecule has 1 atom stereocenters. The zero-order valence-electron chi connectivity index (χ0n) is 10.2. The number of phenols is 1. The number of carbonyl (C=O) groups is 1. The van der Waals surface area contributed by atoms with Crippen LogP contribution < -0.4 is 5.73 Å². The number of nitrogens with two attached hydrogens (primary N) is 1. The Morgan fingerprint density at radius 2 is 1.94 bits per heavy atom. The number of aromatic hydroxyl groups is 1. The fraction of sp³-hybridized carbons (Fsp3) is 0.462. The van der Waals surface area contributed by atoms with Crippen LogP contribution in [-0.4, -0.2) is 17.7 Å². The molecule has 0 heterocycles. The minimum absolute atomic E-state index is 0.147. The molecule has 0 unspecified atom stereocenters. The summed E-state index contributed by atoms with van der Waals surface area (Å²) in [6, 6.07) is 5.43. The Morgan fingerprint density at radius 3 is 2.47 bits per heavy atom. The van der Waals surface area contributed by atoms with Gasteiger partial charge in [-0.2, -0.15) is 0 Å². The van der Waals surface area contributed by atoms with E-state index in [1.54, 1.807) is 12.1 Å². The molecule has 0 saturated carbocycles. The summed E-state index contributed by atoms with van der Waals surface area (Å²) >= 11 is 0. The summed E-state index contributed by atoms with van der Waals surface area (Å²) in [5, 5.41) is 9.12. The van der Waals surface area contributed by atoms with Crippen molar-refractivity contribution in [3.05, 3.63) is 29.8 Å². The molecule has 0 aliphatic rings. The lowest BCUT2D eigenvalue weighted by atomic mass is 10.1. The van der Waals surface area contributed by atoms with Gasteiger partial charge in [0.05, 0.1) is 6.61 Å². The topological polar surface area (TPSA) is 72.5 Å². The van der Waals surface area contributed by atoms with Crippen LogP contribution in [0.4, 0.5) is 0 Å². The number of hydrogen-bond acceptors (Lipinski definition) is 4. The molecule has 0 fully saturated rings. The van der Waals surface area contributed by atoms with Crippen molar-refractivity contribution in [2.75, 3.05) is 6.61 Å². The van der Waals surface area contributed by atoms with E-state index in [0.29, 0.717) is 18.1 Å². The van der Waals surface area contributed by atoms with Gasteiger partial charge >= 0.3 is 5.97 Å². The highest BCUT2D eigenvalue weighted by Gasteiger charge is 2.17. The van der Waals surface area contributed by atoms with Crippen LogP contribution >= 0.6 is 0 Å². The Labute approximate surface area is 101 Å². The first-order chi connectivity index (χ1) is 8.00. The molecule has 0 amide bonds. The Bertz CT molecular complexity index is 359. The van der Waals surface area contributed by atoms with Crippen LogP contribution in [0.2, 0.25) is 0 Å². The standard InChI is InChI=1S/C13H19NO3/c1-9(2)7-8-17-13(16)12(14)10-3-5-11(15)6-4-10/h3-6,9,12,15H,7-8,14H2,1-2H3/t12-/m0/s1. The molecule has 0 saturated heterocycles. The first-order valence-electron chi connectivity index (χ1n) is 5.72. The SMILES string of the molecule is CC(C)CCOC(=O)[C@@H](N)c1ccc(O)cc1. The van der Waals surface area contributed by atoms with Crippen LogP contribution in [0.5, 0.6) is 5.75 Å². The molecule has 0 spiro atoms. The molecule has 0 aliphatic carbocycles. The maximum Gasteiger partial charge on any atom is 0.327 e. The summed E-state index contributed by atoms with van der Waals surface area (Å²) in [6.45, 7) is 4.52. The third-order valence-corrected chi connectivity index (χ3v) is 2.45. The van der Waals surface area contributed by atoms with Crippen molar-refractivity contribution in [1.82, 2.24) is 0 Å². The quantitative estimate of drug-likeness (QED) is 0.768. The van der Waals surface area contributed by atoms with Gasteiger partial charge in [0.25, 0.3) is 0 Å². The van der Waals surface area contributed by atoms with Gasteiger partial charge in [0.2, 0.25) is 0 Å². The van der Waals surface area contributed by atoms with Gasteiger partial charge in [-0.25, -0.2) is 4.79 Å². The molecule has 4 heteroatoms. The molecular weight excluding hydrogens is 218 g/mol. The largest absolute Gasteiger partial charge is 0.508 e. The first-order valence-corrected chi connectivity index (χ1v) is 5.72. The highest BCUT2D eigenvalue weighted by Crippen LogP contribution is 2.16. The Morgan fingerprint density at radius 1 is 1.35 bits per heavy atom. The van der Waals surface area contributed by atoms with Crippen molar-refractivity contribution in [2.24, 2.45) is 11.7 Å². The molecule has 0 radical (unpaired) electrons. The smallest absolute Gasteiger partial charge is 0.327 e. The van der Waals surface area contributed by atoms with E-state index in [1.165, 1.54) is 12.1 Å². The number of benzene rings is 1. The lowest BCUT2D eigenvalue weighted by molar-refractivity contribution is -0.145. The van der Waals surface area contributed by atoms with E-state index in [2.05, 4.69) is 13.8 Å². The van der Waals surface area contributed by atoms with Gasteiger partial charge in [-0.3, -0.25) is 0 Å². The van der Waals surface area contributed by atoms with E-state index in [9.17, 15) is 4.79 Å². The molecule has 0 aliphatic heterocycles.